The molecule has 6 atom stereocenters. The fraction of sp³-hybridized carbons (Fsp3) is 0.315. The first-order valence-electron chi connectivity index (χ1n) is 22.4. The summed E-state index contributed by atoms with van der Waals surface area (Å²) in [4.78, 5) is 51.2. The lowest BCUT2D eigenvalue weighted by Crippen LogP contribution is -2.56. The van der Waals surface area contributed by atoms with Gasteiger partial charge in [0.05, 0.1) is 38.8 Å². The van der Waals surface area contributed by atoms with E-state index in [0.29, 0.717) is 52.6 Å². The van der Waals surface area contributed by atoms with Gasteiger partial charge < -0.3 is 34.3 Å². The smallest absolute Gasteiger partial charge is 0.324 e. The predicted molar refractivity (Wildman–Crippen MR) is 244 cm³/mol. The number of aliphatic hydroxyl groups excluding tert-OH is 1. The van der Waals surface area contributed by atoms with Gasteiger partial charge in [0.1, 0.15) is 29.9 Å². The van der Waals surface area contributed by atoms with Gasteiger partial charge in [-0.3, -0.25) is 19.3 Å². The molecule has 10 rings (SSSR count). The van der Waals surface area contributed by atoms with Crippen molar-refractivity contribution in [3.63, 3.8) is 0 Å². The summed E-state index contributed by atoms with van der Waals surface area (Å²) in [5.41, 5.74) is 5.44. The molecule has 0 aromatic heterocycles. The average molecular weight is 870 g/mol. The summed E-state index contributed by atoms with van der Waals surface area (Å²) in [6, 6.07) is 33.7. The summed E-state index contributed by atoms with van der Waals surface area (Å²) in [6.07, 6.45) is 6.04. The van der Waals surface area contributed by atoms with Gasteiger partial charge in [0.2, 0.25) is 11.8 Å². The summed E-state index contributed by atoms with van der Waals surface area (Å²) in [5, 5.41) is 13.0. The molecule has 0 saturated carbocycles. The number of ether oxygens (including phenoxy) is 4. The molecule has 0 bridgehead atoms. The molecule has 2 saturated heterocycles. The third kappa shape index (κ3) is 7.31. The number of fused-ring (bicyclic) bond motifs is 4. The lowest BCUT2D eigenvalue weighted by atomic mass is 9.64. The first-order valence-corrected chi connectivity index (χ1v) is 22.4. The first kappa shape index (κ1) is 42.1. The van der Waals surface area contributed by atoms with Crippen LogP contribution >= 0.6 is 0 Å². The molecular weight excluding hydrogens is 819 g/mol. The number of hydrogen-bond acceptors (Lipinski definition) is 9. The number of morpholine rings is 1. The second-order valence-electron chi connectivity index (χ2n) is 17.3. The normalized spacial score (nSPS) is 24.4. The van der Waals surface area contributed by atoms with Crippen molar-refractivity contribution in [3.05, 3.63) is 166 Å². The number of cyclic esters (lactones) is 1. The number of anilines is 1. The van der Waals surface area contributed by atoms with Crippen molar-refractivity contribution in [1.82, 2.24) is 9.80 Å². The van der Waals surface area contributed by atoms with Crippen molar-refractivity contribution in [2.24, 2.45) is 5.92 Å². The lowest BCUT2D eigenvalue weighted by Gasteiger charge is -2.46. The van der Waals surface area contributed by atoms with E-state index in [2.05, 4.69) is 28.1 Å². The van der Waals surface area contributed by atoms with Gasteiger partial charge in [-0.25, -0.2) is 0 Å². The lowest BCUT2D eigenvalue weighted by molar-refractivity contribution is -0.179. The van der Waals surface area contributed by atoms with Crippen molar-refractivity contribution < 1.29 is 38.4 Å². The molecule has 2 fully saturated rings. The predicted octanol–water partition coefficient (Wildman–Crippen LogP) is 7.78. The van der Waals surface area contributed by atoms with Gasteiger partial charge in [-0.15, -0.1) is 0 Å². The Morgan fingerprint density at radius 1 is 0.815 bits per heavy atom. The Kier molecular flexibility index (Phi) is 11.4. The molecule has 65 heavy (non-hydrogen) atoms. The Morgan fingerprint density at radius 2 is 1.55 bits per heavy atom. The molecule has 11 nitrogen and oxygen atoms in total. The van der Waals surface area contributed by atoms with E-state index < -0.39 is 47.4 Å². The Morgan fingerprint density at radius 3 is 2.28 bits per heavy atom. The van der Waals surface area contributed by atoms with Gasteiger partial charge in [-0.05, 0) is 114 Å². The van der Waals surface area contributed by atoms with Crippen LogP contribution in [0.25, 0.3) is 0 Å². The van der Waals surface area contributed by atoms with E-state index in [9.17, 15) is 5.11 Å². The van der Waals surface area contributed by atoms with E-state index in [-0.39, 0.29) is 25.7 Å². The fourth-order valence-electron chi connectivity index (χ4n) is 11.0. The van der Waals surface area contributed by atoms with Crippen molar-refractivity contribution in [2.75, 3.05) is 39.3 Å². The molecule has 5 aromatic carbocycles. The highest BCUT2D eigenvalue weighted by molar-refractivity contribution is 6.12. The standard InChI is InChI=1S/C54H51N3O8/c1-62-44-31-38-25-26-56(33-40(38)32-45(44)63-2)51(59)46-48-52(60)65-49(37-17-10-5-11-18-37)47(36-15-8-4-9-16-36)57(48)50(39-19-12-20-41(30-39)64-28-27-58)54(46)42-29-35(23-24-43(42)55-53(54)61)22-21-34-13-6-3-7-14-34/h4-5,8-13,15-20,23-24,29-32,46-50,58H,3,6-7,14,25-28,33H2,1-2H3,(H,55,61)/t46-,47-,48-,49+,50+,54-/m0/s1. The summed E-state index contributed by atoms with van der Waals surface area (Å²) >= 11 is 0. The highest BCUT2D eigenvalue weighted by Crippen LogP contribution is 2.65. The molecule has 2 amide bonds. The number of allylic oxidation sites excluding steroid dienone is 2. The number of aliphatic hydroxyl groups is 1. The molecule has 1 aliphatic carbocycles. The van der Waals surface area contributed by atoms with Crippen LogP contribution in [0.5, 0.6) is 17.2 Å². The van der Waals surface area contributed by atoms with Gasteiger partial charge in [0.15, 0.2) is 11.5 Å². The van der Waals surface area contributed by atoms with Crippen LogP contribution in [0, 0.1) is 17.8 Å². The third-order valence-corrected chi connectivity index (χ3v) is 13.8. The minimum absolute atomic E-state index is 0.0522. The SMILES string of the molecule is COc1cc2c(cc1OC)CN(C(=O)[C@@H]1[C@H]3C(=O)O[C@H](c4ccccc4)[C@H](c4ccccc4)N3[C@H](c3cccc(OCCO)c3)[C@@]13C(=O)Nc1ccc(C#CC4=CCCCC4)cc13)CC2. The second-order valence-corrected chi connectivity index (χ2v) is 17.3. The van der Waals surface area contributed by atoms with E-state index in [0.717, 1.165) is 53.5 Å². The molecule has 2 N–H and O–H groups in total. The van der Waals surface area contributed by atoms with Crippen LogP contribution < -0.4 is 19.5 Å². The summed E-state index contributed by atoms with van der Waals surface area (Å²) in [7, 11) is 3.18. The minimum atomic E-state index is -1.69. The van der Waals surface area contributed by atoms with E-state index in [4.69, 9.17) is 18.9 Å². The maximum Gasteiger partial charge on any atom is 0.324 e. The molecule has 0 radical (unpaired) electrons. The average Bonchev–Trinajstić information content (AvgIpc) is 3.83. The zero-order valence-corrected chi connectivity index (χ0v) is 36.5. The number of carbonyl (C=O) groups excluding carboxylic acids is 3. The summed E-state index contributed by atoms with van der Waals surface area (Å²) in [5.74, 6) is 5.83. The molecule has 5 aliphatic rings. The minimum Gasteiger partial charge on any atom is -0.493 e. The maximum absolute atomic E-state index is 16.2. The number of nitrogens with zero attached hydrogens (tertiary/aromatic N) is 2. The number of benzene rings is 5. The molecule has 1 spiro atoms. The van der Waals surface area contributed by atoms with Crippen molar-refractivity contribution in [1.29, 1.82) is 0 Å². The number of nitrogens with one attached hydrogen (secondary N) is 1. The zero-order valence-electron chi connectivity index (χ0n) is 36.5. The van der Waals surface area contributed by atoms with Crippen molar-refractivity contribution >= 4 is 23.5 Å². The van der Waals surface area contributed by atoms with Crippen LogP contribution in [0.15, 0.2) is 127 Å². The highest BCUT2D eigenvalue weighted by Gasteiger charge is 2.74. The third-order valence-electron chi connectivity index (χ3n) is 13.8. The highest BCUT2D eigenvalue weighted by atomic mass is 16.6. The van der Waals surface area contributed by atoms with Gasteiger partial charge in [0, 0.05) is 24.3 Å². The maximum atomic E-state index is 16.2. The van der Waals surface area contributed by atoms with E-state index in [1.807, 2.05) is 109 Å². The van der Waals surface area contributed by atoms with Crippen molar-refractivity contribution in [3.8, 4) is 29.1 Å². The molecule has 11 heteroatoms. The van der Waals surface area contributed by atoms with Crippen LogP contribution in [0.4, 0.5) is 5.69 Å². The van der Waals surface area contributed by atoms with Crippen LogP contribution in [-0.4, -0.2) is 72.7 Å². The number of methoxy groups -OCH3 is 2. The number of rotatable bonds is 9. The molecule has 330 valence electrons. The quantitative estimate of drug-likeness (QED) is 0.113. The number of esters is 1. The molecule has 5 aromatic rings. The zero-order chi connectivity index (χ0) is 44.7. The van der Waals surface area contributed by atoms with Crippen LogP contribution in [0.3, 0.4) is 0 Å². The van der Waals surface area contributed by atoms with Gasteiger partial charge in [0.25, 0.3) is 0 Å². The van der Waals surface area contributed by atoms with E-state index >= 15 is 14.4 Å². The summed E-state index contributed by atoms with van der Waals surface area (Å²) < 4.78 is 24.0. The number of hydrogen-bond donors (Lipinski definition) is 2. The first-order chi connectivity index (χ1) is 31.8. The van der Waals surface area contributed by atoms with E-state index in [1.54, 1.807) is 25.2 Å². The van der Waals surface area contributed by atoms with Gasteiger partial charge >= 0.3 is 5.97 Å². The molecular formula is C54H51N3O8. The van der Waals surface area contributed by atoms with Crippen LogP contribution in [0.1, 0.15) is 82.8 Å². The molecule has 4 aliphatic heterocycles. The number of amides is 2. The Labute approximate surface area is 379 Å². The van der Waals surface area contributed by atoms with Crippen molar-refractivity contribution in [2.45, 2.75) is 68.3 Å². The Balaban J connectivity index is 1.22. The van der Waals surface area contributed by atoms with Gasteiger partial charge in [-0.2, -0.15) is 0 Å². The van der Waals surface area contributed by atoms with Gasteiger partial charge in [-0.1, -0.05) is 90.7 Å². The Hall–Kier alpha value is -6.87. The molecule has 4 heterocycles. The monoisotopic (exact) mass is 869 g/mol. The fourth-order valence-corrected chi connectivity index (χ4v) is 11.0. The largest absolute Gasteiger partial charge is 0.493 e. The number of carbonyl (C=O) groups is 3. The topological polar surface area (TPSA) is 127 Å². The second kappa shape index (κ2) is 17.6. The molecule has 0 unspecified atom stereocenters. The van der Waals surface area contributed by atoms with Crippen LogP contribution in [0.2, 0.25) is 0 Å². The summed E-state index contributed by atoms with van der Waals surface area (Å²) in [6.45, 7) is 0.421. The van der Waals surface area contributed by atoms with E-state index in [1.165, 1.54) is 0 Å². The Bertz CT molecular complexity index is 2740. The van der Waals surface area contributed by atoms with Crippen LogP contribution in [-0.2, 0) is 37.5 Å².